The van der Waals surface area contributed by atoms with Gasteiger partial charge in [-0.1, -0.05) is 48.5 Å². The monoisotopic (exact) mass is 355 g/mol. The molecule has 0 fully saturated rings. The first-order chi connectivity index (χ1) is 13.1. The fourth-order valence-corrected chi connectivity index (χ4v) is 4.29. The average molecular weight is 355 g/mol. The first-order valence-electron chi connectivity index (χ1n) is 9.00. The number of nitrogens with zero attached hydrogens (tertiary/aromatic N) is 1. The van der Waals surface area contributed by atoms with E-state index in [1.807, 2.05) is 24.3 Å². The summed E-state index contributed by atoms with van der Waals surface area (Å²) in [6, 6.07) is 20.9. The van der Waals surface area contributed by atoms with Gasteiger partial charge in [0.1, 0.15) is 5.82 Å². The van der Waals surface area contributed by atoms with Crippen LogP contribution in [0.1, 0.15) is 11.1 Å². The molecule has 27 heavy (non-hydrogen) atoms. The van der Waals surface area contributed by atoms with E-state index in [-0.39, 0.29) is 11.8 Å². The number of rotatable bonds is 2. The van der Waals surface area contributed by atoms with Crippen LogP contribution in [0.4, 0.5) is 15.8 Å². The molecular formula is C23H18FN3. The van der Waals surface area contributed by atoms with Crippen molar-refractivity contribution in [1.82, 2.24) is 0 Å². The minimum atomic E-state index is -0.275. The number of nitrogens with two attached hydrogens (primary N) is 1. The molecule has 4 aromatic rings. The number of aryl methyl sites for hydroxylation is 2. The molecule has 0 unspecified atom stereocenters. The quantitative estimate of drug-likeness (QED) is 0.380. The number of hydrogen-bond donors (Lipinski definition) is 2. The van der Waals surface area contributed by atoms with Crippen LogP contribution in [-0.2, 0) is 12.8 Å². The van der Waals surface area contributed by atoms with Gasteiger partial charge >= 0.3 is 0 Å². The van der Waals surface area contributed by atoms with E-state index in [1.165, 1.54) is 28.0 Å². The van der Waals surface area contributed by atoms with E-state index in [0.717, 1.165) is 29.6 Å². The Kier molecular flexibility index (Phi) is 3.41. The van der Waals surface area contributed by atoms with Gasteiger partial charge in [-0.3, -0.25) is 10.3 Å². The minimum absolute atomic E-state index is 0.0771. The van der Waals surface area contributed by atoms with Gasteiger partial charge in [-0.15, -0.1) is 0 Å². The summed E-state index contributed by atoms with van der Waals surface area (Å²) in [6.07, 6.45) is 1.90. The molecule has 4 aromatic carbocycles. The molecule has 0 saturated heterocycles. The maximum absolute atomic E-state index is 14.3. The molecule has 132 valence electrons. The molecule has 1 aliphatic rings. The molecular weight excluding hydrogens is 337 g/mol. The van der Waals surface area contributed by atoms with Crippen molar-refractivity contribution in [3.05, 3.63) is 83.7 Å². The summed E-state index contributed by atoms with van der Waals surface area (Å²) in [4.78, 5) is 1.73. The zero-order valence-electron chi connectivity index (χ0n) is 14.7. The van der Waals surface area contributed by atoms with Gasteiger partial charge in [0, 0.05) is 10.8 Å². The normalized spacial score (nSPS) is 12.6. The largest absolute Gasteiger partial charge is 0.369 e. The average Bonchev–Trinajstić information content (AvgIpc) is 3.11. The smallest absolute Gasteiger partial charge is 0.197 e. The molecule has 3 N–H and O–H groups in total. The highest BCUT2D eigenvalue weighted by Gasteiger charge is 2.24. The van der Waals surface area contributed by atoms with Gasteiger partial charge in [0.15, 0.2) is 5.96 Å². The fourth-order valence-electron chi connectivity index (χ4n) is 4.29. The highest BCUT2D eigenvalue weighted by atomic mass is 19.1. The summed E-state index contributed by atoms with van der Waals surface area (Å²) >= 11 is 0. The predicted molar refractivity (Wildman–Crippen MR) is 109 cm³/mol. The lowest BCUT2D eigenvalue weighted by Gasteiger charge is -2.27. The van der Waals surface area contributed by atoms with Crippen molar-refractivity contribution in [1.29, 1.82) is 5.41 Å². The Balaban J connectivity index is 1.80. The van der Waals surface area contributed by atoms with Crippen molar-refractivity contribution in [3.8, 4) is 0 Å². The predicted octanol–water partition coefficient (Wildman–Crippen LogP) is 5.26. The Labute approximate surface area is 156 Å². The van der Waals surface area contributed by atoms with E-state index in [1.54, 1.807) is 17.0 Å². The molecule has 5 rings (SSSR count). The van der Waals surface area contributed by atoms with E-state index in [4.69, 9.17) is 11.1 Å². The molecule has 0 bridgehead atoms. The Morgan fingerprint density at radius 2 is 1.63 bits per heavy atom. The molecule has 0 saturated carbocycles. The third-order valence-electron chi connectivity index (χ3n) is 5.43. The molecule has 0 radical (unpaired) electrons. The van der Waals surface area contributed by atoms with Crippen molar-refractivity contribution in [3.63, 3.8) is 0 Å². The Morgan fingerprint density at radius 1 is 0.852 bits per heavy atom. The first kappa shape index (κ1) is 15.8. The third-order valence-corrected chi connectivity index (χ3v) is 5.43. The van der Waals surface area contributed by atoms with Crippen molar-refractivity contribution >= 4 is 38.9 Å². The molecule has 1 aliphatic carbocycles. The fraction of sp³-hybridized carbons (Fsp3) is 0.0870. The number of fused-ring (bicyclic) bond motifs is 1. The lowest BCUT2D eigenvalue weighted by atomic mass is 10.0. The molecule has 0 atom stereocenters. The zero-order valence-corrected chi connectivity index (χ0v) is 14.7. The van der Waals surface area contributed by atoms with Gasteiger partial charge in [-0.2, -0.15) is 0 Å². The van der Waals surface area contributed by atoms with E-state index >= 15 is 0 Å². The number of nitrogens with one attached hydrogen (secondary N) is 1. The van der Waals surface area contributed by atoms with Gasteiger partial charge < -0.3 is 5.73 Å². The number of benzene rings is 4. The van der Waals surface area contributed by atoms with E-state index in [2.05, 4.69) is 24.3 Å². The second-order valence-corrected chi connectivity index (χ2v) is 6.91. The van der Waals surface area contributed by atoms with Crippen molar-refractivity contribution in [2.45, 2.75) is 12.8 Å². The van der Waals surface area contributed by atoms with Crippen LogP contribution in [0.15, 0.2) is 66.7 Å². The van der Waals surface area contributed by atoms with Gasteiger partial charge in [0.25, 0.3) is 0 Å². The molecule has 0 heterocycles. The second-order valence-electron chi connectivity index (χ2n) is 6.91. The molecule has 0 aliphatic heterocycles. The van der Waals surface area contributed by atoms with Gasteiger partial charge in [0.2, 0.25) is 0 Å². The minimum Gasteiger partial charge on any atom is -0.369 e. The Morgan fingerprint density at radius 3 is 2.44 bits per heavy atom. The summed E-state index contributed by atoms with van der Waals surface area (Å²) in [7, 11) is 0. The highest BCUT2D eigenvalue weighted by Crippen LogP contribution is 2.41. The SMILES string of the molecule is N=C(N)N(c1ccc2cccc3c2c1CC3)c1ccc(F)c2ccccc12. The van der Waals surface area contributed by atoms with Crippen molar-refractivity contribution in [2.24, 2.45) is 5.73 Å². The number of anilines is 2. The first-order valence-corrected chi connectivity index (χ1v) is 9.00. The second kappa shape index (κ2) is 5.81. The van der Waals surface area contributed by atoms with Gasteiger partial charge in [0.05, 0.1) is 11.4 Å². The maximum atomic E-state index is 14.3. The number of guanidine groups is 1. The summed E-state index contributed by atoms with van der Waals surface area (Å²) in [6.45, 7) is 0. The summed E-state index contributed by atoms with van der Waals surface area (Å²) < 4.78 is 14.3. The lowest BCUT2D eigenvalue weighted by Crippen LogP contribution is -2.33. The summed E-state index contributed by atoms with van der Waals surface area (Å²) in [5, 5.41) is 12.0. The van der Waals surface area contributed by atoms with Crippen LogP contribution < -0.4 is 10.6 Å². The molecule has 3 nitrogen and oxygen atoms in total. The Bertz CT molecular complexity index is 1230. The Hall–Kier alpha value is -3.40. The topological polar surface area (TPSA) is 53.1 Å². The summed E-state index contributed by atoms with van der Waals surface area (Å²) in [5.41, 5.74) is 10.2. The zero-order chi connectivity index (χ0) is 18.5. The van der Waals surface area contributed by atoms with Crippen LogP contribution in [0.3, 0.4) is 0 Å². The molecule has 0 spiro atoms. The summed E-state index contributed by atoms with van der Waals surface area (Å²) in [5.74, 6) is -0.352. The van der Waals surface area contributed by atoms with Gasteiger partial charge in [-0.25, -0.2) is 4.39 Å². The molecule has 4 heteroatoms. The van der Waals surface area contributed by atoms with E-state index in [9.17, 15) is 4.39 Å². The molecule has 0 aromatic heterocycles. The lowest BCUT2D eigenvalue weighted by molar-refractivity contribution is 0.640. The third kappa shape index (κ3) is 2.30. The van der Waals surface area contributed by atoms with E-state index in [0.29, 0.717) is 5.39 Å². The highest BCUT2D eigenvalue weighted by molar-refractivity contribution is 6.10. The van der Waals surface area contributed by atoms with Crippen molar-refractivity contribution in [2.75, 3.05) is 4.90 Å². The van der Waals surface area contributed by atoms with Crippen LogP contribution in [0.2, 0.25) is 0 Å². The van der Waals surface area contributed by atoms with Crippen LogP contribution >= 0.6 is 0 Å². The molecule has 0 amide bonds. The number of hydrogen-bond acceptors (Lipinski definition) is 1. The standard InChI is InChI=1S/C23H18FN3/c24-19-11-13-20(17-7-2-1-6-16(17)19)27(23(25)26)21-12-9-15-5-3-4-14-8-10-18(21)22(14)15/h1-7,9,11-13H,8,10H2,(H3,25,26). The van der Waals surface area contributed by atoms with Crippen LogP contribution in [0, 0.1) is 11.2 Å². The van der Waals surface area contributed by atoms with Crippen LogP contribution in [0.5, 0.6) is 0 Å². The maximum Gasteiger partial charge on any atom is 0.197 e. The van der Waals surface area contributed by atoms with Crippen LogP contribution in [-0.4, -0.2) is 5.96 Å². The van der Waals surface area contributed by atoms with Crippen LogP contribution in [0.25, 0.3) is 21.5 Å². The van der Waals surface area contributed by atoms with Gasteiger partial charge in [-0.05, 0) is 52.9 Å². The van der Waals surface area contributed by atoms with Crippen molar-refractivity contribution < 1.29 is 4.39 Å². The number of halogens is 1. The van der Waals surface area contributed by atoms with E-state index < -0.39 is 0 Å².